The second kappa shape index (κ2) is 8.15. The van der Waals surface area contributed by atoms with Gasteiger partial charge in [0.15, 0.2) is 0 Å². The summed E-state index contributed by atoms with van der Waals surface area (Å²) in [5, 5.41) is 9.61. The van der Waals surface area contributed by atoms with E-state index in [4.69, 9.17) is 11.6 Å². The molecule has 5 rings (SSSR count). The van der Waals surface area contributed by atoms with Crippen LogP contribution in [-0.2, 0) is 13.6 Å². The lowest BCUT2D eigenvalue weighted by Gasteiger charge is -2.23. The Hall–Kier alpha value is -2.79. The molecule has 1 aliphatic rings. The number of nitrogens with one attached hydrogen (secondary N) is 1. The van der Waals surface area contributed by atoms with Crippen LogP contribution in [0.25, 0.3) is 22.2 Å². The quantitative estimate of drug-likeness (QED) is 0.406. The Bertz CT molecular complexity index is 1170. The molecule has 0 spiro atoms. The lowest BCUT2D eigenvalue weighted by molar-refractivity contribution is 0.323. The van der Waals surface area contributed by atoms with Gasteiger partial charge in [0.2, 0.25) is 0 Å². The monoisotopic (exact) mass is 419 g/mol. The van der Waals surface area contributed by atoms with Gasteiger partial charge in [0, 0.05) is 43.0 Å². The van der Waals surface area contributed by atoms with Crippen molar-refractivity contribution >= 4 is 34.0 Å². The van der Waals surface area contributed by atoms with Gasteiger partial charge < -0.3 is 9.88 Å². The number of halogens is 1. The first kappa shape index (κ1) is 19.2. The molecule has 3 aromatic heterocycles. The van der Waals surface area contributed by atoms with E-state index in [1.165, 1.54) is 43.3 Å². The zero-order chi connectivity index (χ0) is 20.5. The highest BCUT2D eigenvalue weighted by molar-refractivity contribution is 6.33. The third-order valence-electron chi connectivity index (χ3n) is 6.09. The van der Waals surface area contributed by atoms with Crippen molar-refractivity contribution in [1.29, 1.82) is 0 Å². The summed E-state index contributed by atoms with van der Waals surface area (Å²) in [6.45, 7) is 1.03. The predicted molar refractivity (Wildman–Crippen MR) is 123 cm³/mol. The number of hydrogen-bond acceptors (Lipinski definition) is 3. The van der Waals surface area contributed by atoms with E-state index in [1.807, 2.05) is 48.4 Å². The zero-order valence-electron chi connectivity index (χ0n) is 17.2. The maximum Gasteiger partial charge on any atom is 0.132 e. The molecule has 1 fully saturated rings. The molecule has 0 aliphatic heterocycles. The van der Waals surface area contributed by atoms with Crippen molar-refractivity contribution in [3.05, 3.63) is 60.0 Å². The van der Waals surface area contributed by atoms with Crippen LogP contribution in [0.4, 0.5) is 11.5 Å². The number of pyridine rings is 1. The van der Waals surface area contributed by atoms with Gasteiger partial charge >= 0.3 is 0 Å². The Kier molecular flexibility index (Phi) is 5.21. The minimum Gasteiger partial charge on any atom is -0.340 e. The van der Waals surface area contributed by atoms with Crippen LogP contribution in [0.1, 0.15) is 32.1 Å². The number of aromatic nitrogens is 4. The Morgan fingerprint density at radius 1 is 1.10 bits per heavy atom. The van der Waals surface area contributed by atoms with Crippen LogP contribution in [0.3, 0.4) is 0 Å². The lowest BCUT2D eigenvalue weighted by Crippen LogP contribution is -2.14. The number of nitrogens with zero attached hydrogens (tertiary/aromatic N) is 4. The van der Waals surface area contributed by atoms with Gasteiger partial charge in [-0.1, -0.05) is 43.0 Å². The molecular weight excluding hydrogens is 394 g/mol. The summed E-state index contributed by atoms with van der Waals surface area (Å²) < 4.78 is 4.32. The van der Waals surface area contributed by atoms with Gasteiger partial charge in [0.05, 0.1) is 28.1 Å². The van der Waals surface area contributed by atoms with Crippen molar-refractivity contribution in [3.8, 4) is 11.3 Å². The van der Waals surface area contributed by atoms with Gasteiger partial charge in [0.25, 0.3) is 0 Å². The van der Waals surface area contributed by atoms with Crippen molar-refractivity contribution in [3.63, 3.8) is 0 Å². The first-order valence-electron chi connectivity index (χ1n) is 10.7. The summed E-state index contributed by atoms with van der Waals surface area (Å²) in [4.78, 5) is 4.64. The van der Waals surface area contributed by atoms with Crippen molar-refractivity contribution < 1.29 is 0 Å². The highest BCUT2D eigenvalue weighted by atomic mass is 35.5. The molecule has 30 heavy (non-hydrogen) atoms. The van der Waals surface area contributed by atoms with Gasteiger partial charge in [-0.2, -0.15) is 5.10 Å². The summed E-state index contributed by atoms with van der Waals surface area (Å²) in [5.41, 5.74) is 4.42. The van der Waals surface area contributed by atoms with Crippen LogP contribution in [-0.4, -0.2) is 19.3 Å². The molecule has 3 heterocycles. The fourth-order valence-electron chi connectivity index (χ4n) is 4.54. The van der Waals surface area contributed by atoms with E-state index in [-0.39, 0.29) is 0 Å². The molecule has 0 saturated heterocycles. The van der Waals surface area contributed by atoms with Crippen molar-refractivity contribution in [2.24, 2.45) is 13.0 Å². The molecule has 0 unspecified atom stereocenters. The molecule has 4 aromatic rings. The van der Waals surface area contributed by atoms with Crippen LogP contribution in [0.15, 0.2) is 55.0 Å². The summed E-state index contributed by atoms with van der Waals surface area (Å²) in [6, 6.07) is 12.1. The van der Waals surface area contributed by atoms with E-state index in [9.17, 15) is 0 Å². The first-order chi connectivity index (χ1) is 14.7. The molecular formula is C24H26ClN5. The largest absolute Gasteiger partial charge is 0.340 e. The third-order valence-corrected chi connectivity index (χ3v) is 6.42. The van der Waals surface area contributed by atoms with Gasteiger partial charge in [-0.25, -0.2) is 4.98 Å². The number of hydrogen-bond donors (Lipinski definition) is 1. The van der Waals surface area contributed by atoms with Crippen LogP contribution >= 0.6 is 11.6 Å². The number of benzene rings is 1. The van der Waals surface area contributed by atoms with Gasteiger partial charge in [-0.3, -0.25) is 4.68 Å². The minimum atomic E-state index is 0.688. The SMILES string of the molecule is Cn1cc(-c2cc3cnc(Nc4ccccc4Cl)cc3n2CC2CCCCC2)cn1. The fraction of sp³-hybridized carbons (Fsp3) is 0.333. The van der Waals surface area contributed by atoms with Crippen LogP contribution < -0.4 is 5.32 Å². The fourth-order valence-corrected chi connectivity index (χ4v) is 4.72. The Balaban J connectivity index is 1.57. The lowest BCUT2D eigenvalue weighted by atomic mass is 9.89. The van der Waals surface area contributed by atoms with Crippen LogP contribution in [0.2, 0.25) is 5.02 Å². The Labute approximate surface area is 181 Å². The molecule has 0 atom stereocenters. The summed E-state index contributed by atoms with van der Waals surface area (Å²) in [7, 11) is 1.96. The van der Waals surface area contributed by atoms with Gasteiger partial charge in [-0.15, -0.1) is 0 Å². The summed E-state index contributed by atoms with van der Waals surface area (Å²) in [6.07, 6.45) is 12.6. The number of anilines is 2. The van der Waals surface area contributed by atoms with Crippen LogP contribution in [0, 0.1) is 5.92 Å². The maximum atomic E-state index is 6.33. The number of fused-ring (bicyclic) bond motifs is 1. The predicted octanol–water partition coefficient (Wildman–Crippen LogP) is 6.41. The smallest absolute Gasteiger partial charge is 0.132 e. The molecule has 1 aromatic carbocycles. The summed E-state index contributed by atoms with van der Waals surface area (Å²) >= 11 is 6.33. The summed E-state index contributed by atoms with van der Waals surface area (Å²) in [5.74, 6) is 1.52. The molecule has 6 heteroatoms. The molecule has 5 nitrogen and oxygen atoms in total. The molecule has 0 radical (unpaired) electrons. The first-order valence-corrected chi connectivity index (χ1v) is 11.0. The second-order valence-electron chi connectivity index (χ2n) is 8.28. The zero-order valence-corrected chi connectivity index (χ0v) is 17.9. The van der Waals surface area contributed by atoms with E-state index < -0.39 is 0 Å². The van der Waals surface area contributed by atoms with E-state index in [2.05, 4.69) is 38.3 Å². The number of rotatable bonds is 5. The second-order valence-corrected chi connectivity index (χ2v) is 8.69. The molecule has 154 valence electrons. The van der Waals surface area contributed by atoms with E-state index in [0.717, 1.165) is 34.9 Å². The standard InChI is InChI=1S/C24H26ClN5/c1-29-16-19(14-27-29)22-11-18-13-26-24(28-21-10-6-5-9-20(21)25)12-23(18)30(22)15-17-7-3-2-4-8-17/h5-6,9-14,16-17H,2-4,7-8,15H2,1H3,(H,26,28). The Morgan fingerprint density at radius 2 is 1.93 bits per heavy atom. The van der Waals surface area contributed by atoms with Crippen molar-refractivity contribution in [2.45, 2.75) is 38.6 Å². The van der Waals surface area contributed by atoms with Gasteiger partial charge in [0.1, 0.15) is 5.82 Å². The molecule has 0 bridgehead atoms. The molecule has 1 aliphatic carbocycles. The maximum absolute atomic E-state index is 6.33. The highest BCUT2D eigenvalue weighted by Crippen LogP contribution is 2.34. The van der Waals surface area contributed by atoms with Crippen molar-refractivity contribution in [2.75, 3.05) is 5.32 Å². The normalized spacial score (nSPS) is 15.0. The van der Waals surface area contributed by atoms with E-state index in [1.54, 1.807) is 0 Å². The molecule has 1 saturated carbocycles. The topological polar surface area (TPSA) is 47.7 Å². The minimum absolute atomic E-state index is 0.688. The third kappa shape index (κ3) is 3.82. The van der Waals surface area contributed by atoms with Gasteiger partial charge in [-0.05, 0) is 37.0 Å². The van der Waals surface area contributed by atoms with Crippen molar-refractivity contribution in [1.82, 2.24) is 19.3 Å². The average molecular weight is 420 g/mol. The number of para-hydroxylation sites is 1. The average Bonchev–Trinajstić information content (AvgIpc) is 3.34. The van der Waals surface area contributed by atoms with E-state index in [0.29, 0.717) is 5.02 Å². The molecule has 1 N–H and O–H groups in total. The number of aryl methyl sites for hydroxylation is 1. The highest BCUT2D eigenvalue weighted by Gasteiger charge is 2.19. The van der Waals surface area contributed by atoms with E-state index >= 15 is 0 Å². The molecule has 0 amide bonds. The van der Waals surface area contributed by atoms with Crippen LogP contribution in [0.5, 0.6) is 0 Å². The Morgan fingerprint density at radius 3 is 2.70 bits per heavy atom.